The van der Waals surface area contributed by atoms with Gasteiger partial charge >= 0.3 is 11.9 Å². The Balaban J connectivity index is 1.83. The van der Waals surface area contributed by atoms with E-state index in [0.29, 0.717) is 21.7 Å². The minimum Gasteiger partial charge on any atom is -0.465 e. The van der Waals surface area contributed by atoms with Crippen molar-refractivity contribution in [1.29, 1.82) is 0 Å². The van der Waals surface area contributed by atoms with Crippen LogP contribution in [-0.2, 0) is 38.1 Å². The average Bonchev–Trinajstić information content (AvgIpc) is 3.03. The first-order valence-corrected chi connectivity index (χ1v) is 11.2. The fraction of sp³-hybridized carbons (Fsp3) is 0.368. The number of hydrogen-bond donors (Lipinski definition) is 1. The largest absolute Gasteiger partial charge is 0.465 e. The first kappa shape index (κ1) is 20.3. The van der Waals surface area contributed by atoms with E-state index < -0.39 is 22.0 Å². The molecule has 7 nitrogen and oxygen atoms in total. The number of carbonyl (C=O) groups is 2. The topological polar surface area (TPSA) is 98.8 Å². The number of benzene rings is 1. The third-order valence-electron chi connectivity index (χ3n) is 4.54. The summed E-state index contributed by atoms with van der Waals surface area (Å²) in [6, 6.07) is 6.15. The minimum atomic E-state index is -3.75. The molecular weight excluding hydrogens is 402 g/mol. The van der Waals surface area contributed by atoms with Crippen LogP contribution in [0.1, 0.15) is 49.6 Å². The van der Waals surface area contributed by atoms with Crippen molar-refractivity contribution in [3.05, 3.63) is 51.4 Å². The van der Waals surface area contributed by atoms with Crippen molar-refractivity contribution in [3.8, 4) is 0 Å². The van der Waals surface area contributed by atoms with Crippen molar-refractivity contribution >= 4 is 38.3 Å². The van der Waals surface area contributed by atoms with E-state index in [1.54, 1.807) is 12.1 Å². The Hall–Kier alpha value is -2.39. The predicted molar refractivity (Wildman–Crippen MR) is 106 cm³/mol. The second-order valence-corrected chi connectivity index (χ2v) is 9.28. The van der Waals surface area contributed by atoms with Crippen LogP contribution in [0.2, 0.25) is 0 Å². The Labute approximate surface area is 167 Å². The molecule has 1 heterocycles. The van der Waals surface area contributed by atoms with E-state index in [4.69, 9.17) is 4.74 Å². The van der Waals surface area contributed by atoms with Crippen molar-refractivity contribution in [3.63, 3.8) is 0 Å². The molecule has 0 unspecified atom stereocenters. The van der Waals surface area contributed by atoms with E-state index >= 15 is 0 Å². The zero-order valence-corrected chi connectivity index (χ0v) is 17.2. The molecule has 150 valence electrons. The predicted octanol–water partition coefficient (Wildman–Crippen LogP) is 3.14. The van der Waals surface area contributed by atoms with E-state index in [1.165, 1.54) is 37.7 Å². The standard InChI is InChI=1S/C19H21NO6S2/c1-25-18(21)13-9-7-12(8-10-13)11-28(23,24)20-17-16(19(22)26-2)14-5-3-4-6-15(14)27-17/h7-10,20H,3-6,11H2,1-2H3. The second-order valence-electron chi connectivity index (χ2n) is 6.46. The van der Waals surface area contributed by atoms with Crippen molar-refractivity contribution < 1.29 is 27.5 Å². The molecule has 1 aromatic heterocycles. The van der Waals surface area contributed by atoms with Gasteiger partial charge in [-0.1, -0.05) is 12.1 Å². The monoisotopic (exact) mass is 423 g/mol. The van der Waals surface area contributed by atoms with Crippen LogP contribution >= 0.6 is 11.3 Å². The number of carbonyl (C=O) groups excluding carboxylic acids is 2. The van der Waals surface area contributed by atoms with Gasteiger partial charge in [0, 0.05) is 4.88 Å². The molecule has 0 aliphatic heterocycles. The summed E-state index contributed by atoms with van der Waals surface area (Å²) in [6.07, 6.45) is 3.56. The van der Waals surface area contributed by atoms with E-state index in [0.717, 1.165) is 36.1 Å². The summed E-state index contributed by atoms with van der Waals surface area (Å²) in [5.74, 6) is -1.29. The number of rotatable bonds is 6. The molecule has 1 aromatic carbocycles. The number of methoxy groups -OCH3 is 2. The average molecular weight is 424 g/mol. The molecule has 0 radical (unpaired) electrons. The van der Waals surface area contributed by atoms with E-state index in [9.17, 15) is 18.0 Å². The van der Waals surface area contributed by atoms with Gasteiger partial charge in [0.15, 0.2) is 0 Å². The van der Waals surface area contributed by atoms with Crippen LogP contribution in [0.5, 0.6) is 0 Å². The molecule has 0 spiro atoms. The number of nitrogens with one attached hydrogen (secondary N) is 1. The molecule has 0 amide bonds. The van der Waals surface area contributed by atoms with E-state index in [2.05, 4.69) is 9.46 Å². The van der Waals surface area contributed by atoms with Gasteiger partial charge in [0.25, 0.3) is 0 Å². The van der Waals surface area contributed by atoms with Crippen LogP contribution in [0.4, 0.5) is 5.00 Å². The van der Waals surface area contributed by atoms with Gasteiger partial charge in [-0.15, -0.1) is 11.3 Å². The summed E-state index contributed by atoms with van der Waals surface area (Å²) < 4.78 is 37.4. The van der Waals surface area contributed by atoms with E-state index in [1.807, 2.05) is 0 Å². The van der Waals surface area contributed by atoms with Crippen LogP contribution < -0.4 is 4.72 Å². The van der Waals surface area contributed by atoms with Crippen molar-refractivity contribution in [2.24, 2.45) is 0 Å². The highest BCUT2D eigenvalue weighted by molar-refractivity contribution is 7.92. The molecule has 1 aliphatic carbocycles. The summed E-state index contributed by atoms with van der Waals surface area (Å²) in [5.41, 5.74) is 2.08. The van der Waals surface area contributed by atoms with Gasteiger partial charge in [0.1, 0.15) is 5.00 Å². The summed E-state index contributed by atoms with van der Waals surface area (Å²) >= 11 is 1.30. The number of sulfonamides is 1. The molecule has 0 saturated carbocycles. The van der Waals surface area contributed by atoms with Crippen LogP contribution in [0, 0.1) is 0 Å². The third-order valence-corrected chi connectivity index (χ3v) is 7.11. The lowest BCUT2D eigenvalue weighted by Gasteiger charge is -2.12. The van der Waals surface area contributed by atoms with Crippen LogP contribution in [0.25, 0.3) is 0 Å². The first-order chi connectivity index (χ1) is 13.3. The fourth-order valence-electron chi connectivity index (χ4n) is 3.21. The fourth-order valence-corrected chi connectivity index (χ4v) is 5.97. The zero-order chi connectivity index (χ0) is 20.3. The summed E-state index contributed by atoms with van der Waals surface area (Å²) in [5, 5.41) is 0.310. The van der Waals surface area contributed by atoms with Crippen molar-refractivity contribution in [1.82, 2.24) is 0 Å². The molecule has 0 fully saturated rings. The zero-order valence-electron chi connectivity index (χ0n) is 15.6. The molecule has 3 rings (SSSR count). The summed E-state index contributed by atoms with van der Waals surface area (Å²) in [4.78, 5) is 24.8. The quantitative estimate of drug-likeness (QED) is 0.717. The lowest BCUT2D eigenvalue weighted by atomic mass is 9.95. The van der Waals surface area contributed by atoms with Gasteiger partial charge in [-0.2, -0.15) is 0 Å². The second kappa shape index (κ2) is 8.32. The maximum atomic E-state index is 12.7. The van der Waals surface area contributed by atoms with Crippen molar-refractivity contribution in [2.75, 3.05) is 18.9 Å². The summed E-state index contributed by atoms with van der Waals surface area (Å²) in [7, 11) is -1.18. The molecule has 2 aromatic rings. The molecule has 0 bridgehead atoms. The smallest absolute Gasteiger partial charge is 0.341 e. The third kappa shape index (κ3) is 4.36. The van der Waals surface area contributed by atoms with E-state index in [-0.39, 0.29) is 5.75 Å². The Morgan fingerprint density at radius 2 is 1.68 bits per heavy atom. The Kier molecular flexibility index (Phi) is 6.04. The molecular formula is C19H21NO6S2. The number of hydrogen-bond acceptors (Lipinski definition) is 7. The Bertz CT molecular complexity index is 992. The van der Waals surface area contributed by atoms with Gasteiger partial charge < -0.3 is 9.47 Å². The molecule has 1 N–H and O–H groups in total. The highest BCUT2D eigenvalue weighted by Crippen LogP contribution is 2.39. The lowest BCUT2D eigenvalue weighted by molar-refractivity contribution is 0.0592. The number of ether oxygens (including phenoxy) is 2. The number of esters is 2. The highest BCUT2D eigenvalue weighted by Gasteiger charge is 2.28. The number of aryl methyl sites for hydroxylation is 1. The summed E-state index contributed by atoms with van der Waals surface area (Å²) in [6.45, 7) is 0. The Morgan fingerprint density at radius 3 is 2.32 bits per heavy atom. The van der Waals surface area contributed by atoms with Crippen LogP contribution in [0.3, 0.4) is 0 Å². The van der Waals surface area contributed by atoms with Crippen LogP contribution in [0.15, 0.2) is 24.3 Å². The lowest BCUT2D eigenvalue weighted by Crippen LogP contribution is -2.17. The highest BCUT2D eigenvalue weighted by atomic mass is 32.2. The normalized spacial score (nSPS) is 13.5. The van der Waals surface area contributed by atoms with Gasteiger partial charge in [-0.25, -0.2) is 18.0 Å². The number of anilines is 1. The first-order valence-electron chi connectivity index (χ1n) is 8.75. The van der Waals surface area contributed by atoms with Gasteiger partial charge in [0.05, 0.1) is 31.1 Å². The molecule has 0 saturated heterocycles. The molecule has 9 heteroatoms. The number of thiophene rings is 1. The van der Waals surface area contributed by atoms with Crippen LogP contribution in [-0.4, -0.2) is 34.6 Å². The molecule has 0 atom stereocenters. The molecule has 1 aliphatic rings. The van der Waals surface area contributed by atoms with Crippen molar-refractivity contribution in [2.45, 2.75) is 31.4 Å². The van der Waals surface area contributed by atoms with Gasteiger partial charge in [0.2, 0.25) is 10.0 Å². The SMILES string of the molecule is COC(=O)c1ccc(CS(=O)(=O)Nc2sc3c(c2C(=O)OC)CCCC3)cc1. The maximum Gasteiger partial charge on any atom is 0.341 e. The van der Waals surface area contributed by atoms with Gasteiger partial charge in [-0.05, 0) is 48.9 Å². The Morgan fingerprint density at radius 1 is 1.04 bits per heavy atom. The number of fused-ring (bicyclic) bond motifs is 1. The maximum absolute atomic E-state index is 12.7. The van der Waals surface area contributed by atoms with Gasteiger partial charge in [-0.3, -0.25) is 4.72 Å². The molecule has 28 heavy (non-hydrogen) atoms. The minimum absolute atomic E-state index is 0.280.